The van der Waals surface area contributed by atoms with Crippen LogP contribution in [0, 0.1) is 17.8 Å². The van der Waals surface area contributed by atoms with Crippen LogP contribution >= 0.6 is 0 Å². The molecule has 1 aromatic rings. The summed E-state index contributed by atoms with van der Waals surface area (Å²) in [7, 11) is -1.84. The number of aliphatic hydroxyl groups excluding tert-OH is 1. The predicted molar refractivity (Wildman–Crippen MR) is 129 cm³/mol. The van der Waals surface area contributed by atoms with Crippen molar-refractivity contribution in [1.29, 1.82) is 0 Å². The summed E-state index contributed by atoms with van der Waals surface area (Å²) in [5.41, 5.74) is -0.357. The Morgan fingerprint density at radius 1 is 1.33 bits per heavy atom. The number of sulfonamides is 1. The lowest BCUT2D eigenvalue weighted by atomic mass is 10.0. The first-order valence-corrected chi connectivity index (χ1v) is 13.4. The Hall–Kier alpha value is -1.63. The van der Waals surface area contributed by atoms with Gasteiger partial charge in [-0.25, -0.2) is 8.42 Å². The molecule has 2 N–H and O–H groups in total. The molecule has 1 aliphatic carbocycles. The van der Waals surface area contributed by atoms with E-state index in [1.807, 2.05) is 14.0 Å². The molecule has 2 aliphatic rings. The van der Waals surface area contributed by atoms with Crippen molar-refractivity contribution in [2.24, 2.45) is 5.92 Å². The van der Waals surface area contributed by atoms with Gasteiger partial charge in [-0.2, -0.15) is 4.31 Å². The highest BCUT2D eigenvalue weighted by Gasteiger charge is 2.38. The molecule has 1 heterocycles. The molecule has 0 amide bonds. The molecule has 0 aromatic heterocycles. The molecule has 0 bridgehead atoms. The molecule has 1 saturated carbocycles. The van der Waals surface area contributed by atoms with E-state index in [1.165, 1.54) is 10.4 Å². The summed E-state index contributed by atoms with van der Waals surface area (Å²) in [5, 5.41) is 20.3. The van der Waals surface area contributed by atoms with Crippen LogP contribution in [0.25, 0.3) is 0 Å². The van der Waals surface area contributed by atoms with E-state index in [0.717, 1.165) is 25.8 Å². The van der Waals surface area contributed by atoms with Gasteiger partial charge >= 0.3 is 0 Å². The lowest BCUT2D eigenvalue weighted by Crippen LogP contribution is -2.49. The SMILES string of the molecule is CCCN(C)C[C@H]1Oc2cc(C#CC3(O)CCCC3)ccc2S(=O)(=O)N([C@H](C)CO)C[C@H]1C. The van der Waals surface area contributed by atoms with Crippen molar-refractivity contribution < 1.29 is 23.4 Å². The first-order valence-electron chi connectivity index (χ1n) is 12.0. The first-order chi connectivity index (χ1) is 15.6. The Kier molecular flexibility index (Phi) is 8.46. The highest BCUT2D eigenvalue weighted by molar-refractivity contribution is 7.89. The maximum absolute atomic E-state index is 13.5. The summed E-state index contributed by atoms with van der Waals surface area (Å²) < 4.78 is 34.8. The van der Waals surface area contributed by atoms with E-state index in [-0.39, 0.29) is 35.8 Å². The highest BCUT2D eigenvalue weighted by Crippen LogP contribution is 2.34. The van der Waals surface area contributed by atoms with Gasteiger partial charge in [0.2, 0.25) is 10.0 Å². The van der Waals surface area contributed by atoms with Gasteiger partial charge in [0.25, 0.3) is 0 Å². The van der Waals surface area contributed by atoms with Crippen LogP contribution in [0.3, 0.4) is 0 Å². The van der Waals surface area contributed by atoms with E-state index in [4.69, 9.17) is 4.74 Å². The van der Waals surface area contributed by atoms with Gasteiger partial charge in [0.05, 0.1) is 6.61 Å². The second kappa shape index (κ2) is 10.7. The van der Waals surface area contributed by atoms with E-state index in [0.29, 0.717) is 24.9 Å². The van der Waals surface area contributed by atoms with Crippen LogP contribution in [0.2, 0.25) is 0 Å². The Labute approximate surface area is 198 Å². The molecule has 3 rings (SSSR count). The second-order valence-corrected chi connectivity index (χ2v) is 11.5. The molecule has 184 valence electrons. The standard InChI is InChI=1S/C25H38N2O5S/c1-5-14-26(4)17-23-19(2)16-27(20(3)18-28)33(30,31)24-9-8-21(15-22(24)32-23)10-13-25(29)11-6-7-12-25/h8-9,15,19-20,23,28-29H,5-7,11-12,14,16-18H2,1-4H3/t19-,20-,23-/m1/s1. The lowest BCUT2D eigenvalue weighted by molar-refractivity contribution is 0.0752. The Bertz CT molecular complexity index is 978. The number of rotatable bonds is 6. The zero-order valence-corrected chi connectivity index (χ0v) is 21.1. The molecular formula is C25H38N2O5S. The maximum Gasteiger partial charge on any atom is 0.247 e. The van der Waals surface area contributed by atoms with Crippen molar-refractivity contribution in [3.8, 4) is 17.6 Å². The second-order valence-electron chi connectivity index (χ2n) is 9.65. The van der Waals surface area contributed by atoms with E-state index < -0.39 is 21.7 Å². The van der Waals surface area contributed by atoms with Gasteiger partial charge in [0.1, 0.15) is 22.4 Å². The van der Waals surface area contributed by atoms with Crippen LogP contribution in [-0.4, -0.2) is 78.9 Å². The normalized spacial score (nSPS) is 25.3. The van der Waals surface area contributed by atoms with Crippen molar-refractivity contribution in [1.82, 2.24) is 9.21 Å². The average molecular weight is 479 g/mol. The molecule has 1 aliphatic heterocycles. The molecule has 0 spiro atoms. The third-order valence-electron chi connectivity index (χ3n) is 6.63. The highest BCUT2D eigenvalue weighted by atomic mass is 32.2. The number of likely N-dealkylation sites (N-methyl/N-ethyl adjacent to an activating group) is 1. The van der Waals surface area contributed by atoms with Crippen molar-refractivity contribution in [2.45, 2.75) is 75.5 Å². The van der Waals surface area contributed by atoms with Gasteiger partial charge in [-0.05, 0) is 70.8 Å². The first kappa shape index (κ1) is 26.0. The monoisotopic (exact) mass is 478 g/mol. The van der Waals surface area contributed by atoms with E-state index in [2.05, 4.69) is 23.7 Å². The van der Waals surface area contributed by atoms with Crippen molar-refractivity contribution >= 4 is 10.0 Å². The number of nitrogens with zero attached hydrogens (tertiary/aromatic N) is 2. The molecule has 0 radical (unpaired) electrons. The maximum atomic E-state index is 13.5. The van der Waals surface area contributed by atoms with Gasteiger partial charge in [-0.1, -0.05) is 25.7 Å². The number of fused-ring (bicyclic) bond motifs is 1. The molecular weight excluding hydrogens is 440 g/mol. The van der Waals surface area contributed by atoms with Crippen molar-refractivity contribution in [2.75, 3.05) is 33.3 Å². The zero-order valence-electron chi connectivity index (χ0n) is 20.2. The van der Waals surface area contributed by atoms with Crippen LogP contribution in [0.1, 0.15) is 58.4 Å². The van der Waals surface area contributed by atoms with Crippen LogP contribution in [0.4, 0.5) is 0 Å². The van der Waals surface area contributed by atoms with E-state index in [9.17, 15) is 18.6 Å². The minimum Gasteiger partial charge on any atom is -0.487 e. The van der Waals surface area contributed by atoms with Crippen LogP contribution in [0.5, 0.6) is 5.75 Å². The van der Waals surface area contributed by atoms with Gasteiger partial charge < -0.3 is 19.8 Å². The summed E-state index contributed by atoms with van der Waals surface area (Å²) >= 11 is 0. The topological polar surface area (TPSA) is 90.3 Å². The molecule has 0 saturated heterocycles. The van der Waals surface area contributed by atoms with Crippen molar-refractivity contribution in [3.63, 3.8) is 0 Å². The predicted octanol–water partition coefficient (Wildman–Crippen LogP) is 2.45. The summed E-state index contributed by atoms with van der Waals surface area (Å²) in [5.74, 6) is 6.20. The molecule has 7 nitrogen and oxygen atoms in total. The van der Waals surface area contributed by atoms with E-state index in [1.54, 1.807) is 19.1 Å². The van der Waals surface area contributed by atoms with Crippen LogP contribution in [0.15, 0.2) is 23.1 Å². The third-order valence-corrected chi connectivity index (χ3v) is 8.65. The summed E-state index contributed by atoms with van der Waals surface area (Å²) in [6.45, 7) is 7.40. The fraction of sp³-hybridized carbons (Fsp3) is 0.680. The largest absolute Gasteiger partial charge is 0.487 e. The molecule has 1 aromatic carbocycles. The summed E-state index contributed by atoms with van der Waals surface area (Å²) in [4.78, 5) is 2.28. The summed E-state index contributed by atoms with van der Waals surface area (Å²) in [6.07, 6.45) is 4.02. The number of hydrogen-bond acceptors (Lipinski definition) is 6. The third kappa shape index (κ3) is 6.09. The van der Waals surface area contributed by atoms with Gasteiger partial charge in [0.15, 0.2) is 0 Å². The Morgan fingerprint density at radius 2 is 2.03 bits per heavy atom. The van der Waals surface area contributed by atoms with Gasteiger partial charge in [-0.3, -0.25) is 0 Å². The lowest BCUT2D eigenvalue weighted by Gasteiger charge is -2.37. The fourth-order valence-electron chi connectivity index (χ4n) is 4.57. The number of hydrogen-bond donors (Lipinski definition) is 2. The van der Waals surface area contributed by atoms with E-state index >= 15 is 0 Å². The zero-order chi connectivity index (χ0) is 24.2. The van der Waals surface area contributed by atoms with Gasteiger partial charge in [0, 0.05) is 30.6 Å². The van der Waals surface area contributed by atoms with Crippen molar-refractivity contribution in [3.05, 3.63) is 23.8 Å². The molecule has 1 fully saturated rings. The van der Waals surface area contributed by atoms with Crippen LogP contribution in [-0.2, 0) is 10.0 Å². The van der Waals surface area contributed by atoms with Crippen LogP contribution < -0.4 is 4.74 Å². The molecule has 3 atom stereocenters. The number of benzene rings is 1. The van der Waals surface area contributed by atoms with Gasteiger partial charge in [-0.15, -0.1) is 0 Å². The quantitative estimate of drug-likeness (QED) is 0.611. The minimum atomic E-state index is -3.87. The molecule has 0 unspecified atom stereocenters. The average Bonchev–Trinajstić information content (AvgIpc) is 3.21. The number of aliphatic hydroxyl groups is 2. The fourth-order valence-corrected chi connectivity index (χ4v) is 6.40. The number of ether oxygens (including phenoxy) is 1. The smallest absolute Gasteiger partial charge is 0.247 e. The summed E-state index contributed by atoms with van der Waals surface area (Å²) in [6, 6.07) is 4.32. The molecule has 33 heavy (non-hydrogen) atoms. The minimum absolute atomic E-state index is 0.0861. The Balaban J connectivity index is 2.03. The molecule has 8 heteroatoms. The Morgan fingerprint density at radius 3 is 2.67 bits per heavy atom.